The fourth-order valence-corrected chi connectivity index (χ4v) is 2.55. The molecule has 0 aromatic carbocycles. The topological polar surface area (TPSA) is 59.8 Å². The van der Waals surface area contributed by atoms with Crippen molar-refractivity contribution >= 4 is 22.4 Å². The molecule has 0 aliphatic carbocycles. The van der Waals surface area contributed by atoms with Gasteiger partial charge in [-0.2, -0.15) is 9.47 Å². The van der Waals surface area contributed by atoms with E-state index in [4.69, 9.17) is 0 Å². The predicted molar refractivity (Wildman–Crippen MR) is 76.8 cm³/mol. The molecule has 0 aliphatic heterocycles. The molecule has 0 unspecified atom stereocenters. The summed E-state index contributed by atoms with van der Waals surface area (Å²) in [6.07, 6.45) is -1.57. The van der Waals surface area contributed by atoms with Crippen molar-refractivity contribution in [2.75, 3.05) is 5.32 Å². The number of anilines is 1. The van der Waals surface area contributed by atoms with Crippen LogP contribution in [-0.2, 0) is 6.54 Å². The van der Waals surface area contributed by atoms with E-state index in [2.05, 4.69) is 14.8 Å². The highest BCUT2D eigenvalue weighted by atomic mass is 32.1. The second kappa shape index (κ2) is 6.30. The van der Waals surface area contributed by atoms with E-state index >= 15 is 0 Å². The number of hydrogen-bond donors (Lipinski definition) is 1. The molecule has 2 rings (SSSR count). The van der Waals surface area contributed by atoms with Crippen LogP contribution in [-0.4, -0.2) is 20.1 Å². The smallest absolute Gasteiger partial charge is 0.280 e. The van der Waals surface area contributed by atoms with E-state index in [0.29, 0.717) is 11.5 Å². The highest BCUT2D eigenvalue weighted by Gasteiger charge is 2.25. The summed E-state index contributed by atoms with van der Waals surface area (Å²) in [5.74, 6) is -0.439. The predicted octanol–water partition coefficient (Wildman–Crippen LogP) is 3.49. The molecule has 0 bridgehead atoms. The number of aryl methyl sites for hydroxylation is 1. The lowest BCUT2D eigenvalue weighted by Crippen LogP contribution is -2.16. The van der Waals surface area contributed by atoms with Crippen LogP contribution in [0.25, 0.3) is 0 Å². The van der Waals surface area contributed by atoms with Crippen LogP contribution in [0.15, 0.2) is 12.3 Å². The van der Waals surface area contributed by atoms with Crippen molar-refractivity contribution in [1.29, 1.82) is 0 Å². The largest absolute Gasteiger partial charge is 0.312 e. The lowest BCUT2D eigenvalue weighted by atomic mass is 10.2. The summed E-state index contributed by atoms with van der Waals surface area (Å²) in [5.41, 5.74) is 0.319. The number of carbonyl (C=O) groups is 1. The van der Waals surface area contributed by atoms with Gasteiger partial charge < -0.3 is 5.32 Å². The summed E-state index contributed by atoms with van der Waals surface area (Å²) >= 11 is 1.11. The Morgan fingerprint density at radius 2 is 2.19 bits per heavy atom. The lowest BCUT2D eigenvalue weighted by Gasteiger charge is -2.10. The van der Waals surface area contributed by atoms with Crippen molar-refractivity contribution in [3.05, 3.63) is 29.2 Å². The second-order valence-electron chi connectivity index (χ2n) is 5.11. The average Bonchev–Trinajstić information content (AvgIpc) is 2.95. The Balaban J connectivity index is 2.26. The molecule has 114 valence electrons. The molecule has 8 heteroatoms. The zero-order chi connectivity index (χ0) is 15.6. The van der Waals surface area contributed by atoms with E-state index in [-0.39, 0.29) is 17.2 Å². The molecule has 2 aromatic rings. The minimum atomic E-state index is -2.75. The summed E-state index contributed by atoms with van der Waals surface area (Å²) in [4.78, 5) is 12.1. The van der Waals surface area contributed by atoms with Crippen LogP contribution in [0.2, 0.25) is 0 Å². The molecule has 0 saturated heterocycles. The SMILES string of the molecule is Cc1cc(NC(=O)c2cnn(CC(C)C)c2C(F)F)sn1. The summed E-state index contributed by atoms with van der Waals surface area (Å²) in [6, 6.07) is 1.68. The number of nitrogens with one attached hydrogen (secondary N) is 1. The van der Waals surface area contributed by atoms with Crippen molar-refractivity contribution < 1.29 is 13.6 Å². The van der Waals surface area contributed by atoms with Crippen LogP contribution in [0, 0.1) is 12.8 Å². The Bertz CT molecular complexity index is 636. The number of aromatic nitrogens is 3. The number of rotatable bonds is 5. The van der Waals surface area contributed by atoms with E-state index in [1.165, 1.54) is 10.9 Å². The minimum absolute atomic E-state index is 0.100. The number of carbonyl (C=O) groups excluding carboxylic acids is 1. The maximum absolute atomic E-state index is 13.2. The van der Waals surface area contributed by atoms with Gasteiger partial charge in [-0.1, -0.05) is 13.8 Å². The first kappa shape index (κ1) is 15.6. The van der Waals surface area contributed by atoms with Gasteiger partial charge in [0.15, 0.2) is 0 Å². The molecule has 0 saturated carbocycles. The fourth-order valence-electron chi connectivity index (χ4n) is 1.89. The van der Waals surface area contributed by atoms with Gasteiger partial charge in [0.25, 0.3) is 12.3 Å². The van der Waals surface area contributed by atoms with Crippen molar-refractivity contribution in [2.45, 2.75) is 33.7 Å². The van der Waals surface area contributed by atoms with Gasteiger partial charge in [0, 0.05) is 6.54 Å². The molecule has 21 heavy (non-hydrogen) atoms. The number of halogens is 2. The Kier molecular flexibility index (Phi) is 4.66. The van der Waals surface area contributed by atoms with E-state index in [1.54, 1.807) is 13.0 Å². The standard InChI is InChI=1S/C13H16F2N4OS/c1-7(2)6-19-11(12(14)15)9(5-16-19)13(20)17-10-4-8(3)18-21-10/h4-5,7,12H,6H2,1-3H3,(H,17,20). The normalized spacial score (nSPS) is 11.4. The Labute approximate surface area is 125 Å². The Hall–Kier alpha value is -1.83. The van der Waals surface area contributed by atoms with Gasteiger partial charge in [-0.05, 0) is 30.4 Å². The second-order valence-corrected chi connectivity index (χ2v) is 5.91. The molecule has 0 aliphatic rings. The van der Waals surface area contributed by atoms with Crippen LogP contribution < -0.4 is 5.32 Å². The third kappa shape index (κ3) is 3.63. The maximum atomic E-state index is 13.2. The van der Waals surface area contributed by atoms with Crippen LogP contribution >= 0.6 is 11.5 Å². The third-order valence-corrected chi connectivity index (χ3v) is 3.53. The minimum Gasteiger partial charge on any atom is -0.312 e. The van der Waals surface area contributed by atoms with Gasteiger partial charge in [0.1, 0.15) is 10.7 Å². The van der Waals surface area contributed by atoms with Gasteiger partial charge in [-0.15, -0.1) is 0 Å². The van der Waals surface area contributed by atoms with E-state index < -0.39 is 12.3 Å². The molecule has 5 nitrogen and oxygen atoms in total. The van der Waals surface area contributed by atoms with Crippen molar-refractivity contribution in [3.63, 3.8) is 0 Å². The molecule has 0 spiro atoms. The van der Waals surface area contributed by atoms with Gasteiger partial charge in [-0.3, -0.25) is 9.48 Å². The highest BCUT2D eigenvalue weighted by Crippen LogP contribution is 2.25. The van der Waals surface area contributed by atoms with Gasteiger partial charge in [0.2, 0.25) is 0 Å². The number of alkyl halides is 2. The third-order valence-electron chi connectivity index (χ3n) is 2.73. The molecule has 1 amide bonds. The maximum Gasteiger partial charge on any atom is 0.280 e. The van der Waals surface area contributed by atoms with Gasteiger partial charge in [-0.25, -0.2) is 8.78 Å². The van der Waals surface area contributed by atoms with Crippen LogP contribution in [0.1, 0.15) is 42.0 Å². The lowest BCUT2D eigenvalue weighted by molar-refractivity contribution is 0.100. The highest BCUT2D eigenvalue weighted by molar-refractivity contribution is 7.10. The monoisotopic (exact) mass is 314 g/mol. The summed E-state index contributed by atoms with van der Waals surface area (Å²) in [5, 5.41) is 7.00. The molecule has 0 fully saturated rings. The number of amides is 1. The van der Waals surface area contributed by atoms with Crippen molar-refractivity contribution in [2.24, 2.45) is 5.92 Å². The molecule has 2 aromatic heterocycles. The van der Waals surface area contributed by atoms with Crippen LogP contribution in [0.4, 0.5) is 13.8 Å². The quantitative estimate of drug-likeness (QED) is 0.919. The number of nitrogens with zero attached hydrogens (tertiary/aromatic N) is 3. The van der Waals surface area contributed by atoms with E-state index in [1.807, 2.05) is 13.8 Å². The van der Waals surface area contributed by atoms with Gasteiger partial charge in [0.05, 0.1) is 17.5 Å². The Morgan fingerprint density at radius 3 is 2.71 bits per heavy atom. The summed E-state index contributed by atoms with van der Waals surface area (Å²) < 4.78 is 31.7. The molecule has 0 atom stereocenters. The van der Waals surface area contributed by atoms with Crippen molar-refractivity contribution in [3.8, 4) is 0 Å². The van der Waals surface area contributed by atoms with E-state index in [9.17, 15) is 13.6 Å². The first-order valence-electron chi connectivity index (χ1n) is 6.47. The first-order valence-corrected chi connectivity index (χ1v) is 7.24. The number of hydrogen-bond acceptors (Lipinski definition) is 4. The van der Waals surface area contributed by atoms with Crippen LogP contribution in [0.5, 0.6) is 0 Å². The summed E-state index contributed by atoms with van der Waals surface area (Å²) in [6.45, 7) is 5.93. The molecule has 0 radical (unpaired) electrons. The zero-order valence-electron chi connectivity index (χ0n) is 11.9. The fraction of sp³-hybridized carbons (Fsp3) is 0.462. The molecular weight excluding hydrogens is 298 g/mol. The van der Waals surface area contributed by atoms with Crippen LogP contribution in [0.3, 0.4) is 0 Å². The Morgan fingerprint density at radius 1 is 1.48 bits per heavy atom. The summed E-state index contributed by atoms with van der Waals surface area (Å²) in [7, 11) is 0. The first-order chi connectivity index (χ1) is 9.88. The van der Waals surface area contributed by atoms with Gasteiger partial charge >= 0.3 is 0 Å². The molecule has 1 N–H and O–H groups in total. The molecule has 2 heterocycles. The zero-order valence-corrected chi connectivity index (χ0v) is 12.7. The van der Waals surface area contributed by atoms with E-state index in [0.717, 1.165) is 17.2 Å². The average molecular weight is 314 g/mol. The van der Waals surface area contributed by atoms with Crippen molar-refractivity contribution in [1.82, 2.24) is 14.2 Å². The molecular formula is C13H16F2N4OS.